The molecule has 16 nitrogen and oxygen atoms in total. The number of nitrogens with zero attached hydrogens (tertiary/aromatic N) is 8. The lowest BCUT2D eigenvalue weighted by atomic mass is 10.1. The van der Waals surface area contributed by atoms with Gasteiger partial charge in [-0.3, -0.25) is 28.8 Å². The lowest BCUT2D eigenvalue weighted by Crippen LogP contribution is -2.51. The Balaban J connectivity index is 0.645. The molecular weight excluding hydrogens is 947 g/mol. The molecule has 20 heteroatoms. The van der Waals surface area contributed by atoms with Crippen LogP contribution >= 0.6 is 22.7 Å². The fourth-order valence-corrected chi connectivity index (χ4v) is 12.2. The highest BCUT2D eigenvalue weighted by Gasteiger charge is 2.27. The standard InChI is InChI=1S/C51H52F2N12O4S2/c52-33-25-31-37(64-35-11-5-7-13-42(35)70-45(64)29-41(31)66)27-39(33)60-16-20-62(21-17-60)44(55)24-30(54)10-4-2-1-3-9-15-58-50(56)59-51(57)63-22-18-61(19-23-63)40-28-38-32(26-34(40)53)47(67)46(49(68)69)48-65(38)36-12-6-8-14-43(36)71-48/h5-8,11-14,25-29,54-55H,1-4,9-10,15-24H2,(H,68,69)(H4,56,57,58,59). The Labute approximate surface area is 413 Å². The van der Waals surface area contributed by atoms with Gasteiger partial charge in [0, 0.05) is 82.5 Å². The minimum absolute atomic E-state index is 0.000121. The molecule has 8 aromatic rings. The highest BCUT2D eigenvalue weighted by Crippen LogP contribution is 2.35. The molecule has 2 saturated heterocycles. The first-order valence-electron chi connectivity index (χ1n) is 23.7. The largest absolute Gasteiger partial charge is 0.477 e. The number of aromatic nitrogens is 2. The number of fused-ring (bicyclic) bond motifs is 10. The van der Waals surface area contributed by atoms with Gasteiger partial charge in [0.05, 0.1) is 48.2 Å². The minimum Gasteiger partial charge on any atom is -0.477 e. The maximum Gasteiger partial charge on any atom is 0.342 e. The van der Waals surface area contributed by atoms with Gasteiger partial charge >= 0.3 is 5.97 Å². The van der Waals surface area contributed by atoms with Crippen LogP contribution in [0, 0.1) is 22.5 Å². The average molecular weight is 999 g/mol. The van der Waals surface area contributed by atoms with Crippen LogP contribution < -0.4 is 32.1 Å². The van der Waals surface area contributed by atoms with Crippen molar-refractivity contribution in [2.45, 2.75) is 44.9 Å². The summed E-state index contributed by atoms with van der Waals surface area (Å²) < 4.78 is 36.9. The number of nitrogens with one attached hydrogen (secondary N) is 2. The topological polar surface area (TPSA) is 218 Å². The Morgan fingerprint density at radius 2 is 1.24 bits per heavy atom. The second kappa shape index (κ2) is 19.7. The molecule has 0 unspecified atom stereocenters. The third-order valence-corrected chi connectivity index (χ3v) is 15.8. The van der Waals surface area contributed by atoms with Crippen LogP contribution in [0.4, 0.5) is 20.2 Å². The predicted molar refractivity (Wildman–Crippen MR) is 283 cm³/mol. The molecule has 0 atom stereocenters. The third-order valence-electron chi connectivity index (χ3n) is 13.6. The number of para-hydroxylation sites is 2. The van der Waals surface area contributed by atoms with Crippen molar-refractivity contribution in [3.8, 4) is 0 Å². The molecule has 366 valence electrons. The number of amidine groups is 1. The number of aromatic carboxylic acids is 1. The number of carbonyl (C=O) groups is 1. The number of carboxylic acid groups (broad SMARTS) is 1. The normalized spacial score (nSPS) is 15.1. The van der Waals surface area contributed by atoms with Gasteiger partial charge in [0.1, 0.15) is 32.7 Å². The number of halogens is 2. The van der Waals surface area contributed by atoms with Crippen molar-refractivity contribution in [1.29, 1.82) is 10.8 Å². The Bertz CT molecular complexity index is 3620. The van der Waals surface area contributed by atoms with Gasteiger partial charge in [0.25, 0.3) is 0 Å². The number of benzene rings is 4. The first-order chi connectivity index (χ1) is 34.3. The molecule has 2 fully saturated rings. The summed E-state index contributed by atoms with van der Waals surface area (Å²) in [4.78, 5) is 56.1. The fraction of sp³-hybridized carbons (Fsp3) is 0.314. The van der Waals surface area contributed by atoms with E-state index in [1.54, 1.807) is 22.6 Å². The number of rotatable bonds is 13. The molecular formula is C51H52F2N12O4S2. The van der Waals surface area contributed by atoms with E-state index in [9.17, 15) is 19.5 Å². The van der Waals surface area contributed by atoms with Crippen molar-refractivity contribution in [2.75, 3.05) is 68.7 Å². The molecule has 4 aromatic heterocycles. The highest BCUT2D eigenvalue weighted by molar-refractivity contribution is 7.24. The molecule has 71 heavy (non-hydrogen) atoms. The quantitative estimate of drug-likeness (QED) is 0.0427. The van der Waals surface area contributed by atoms with Crippen molar-refractivity contribution in [3.05, 3.63) is 117 Å². The zero-order valence-electron chi connectivity index (χ0n) is 38.8. The van der Waals surface area contributed by atoms with Crippen molar-refractivity contribution >= 4 is 115 Å². The summed E-state index contributed by atoms with van der Waals surface area (Å²) >= 11 is 2.75. The summed E-state index contributed by atoms with van der Waals surface area (Å²) in [5.74, 6) is -1.72. The summed E-state index contributed by atoms with van der Waals surface area (Å²) in [6.45, 7) is 4.28. The van der Waals surface area contributed by atoms with Crippen LogP contribution in [0.5, 0.6) is 0 Å². The summed E-state index contributed by atoms with van der Waals surface area (Å²) in [6, 6.07) is 22.8. The van der Waals surface area contributed by atoms with E-state index in [0.717, 1.165) is 63.4 Å². The molecule has 0 saturated carbocycles. The first-order valence-corrected chi connectivity index (χ1v) is 25.3. The number of aliphatic imine (C=N–C) groups is 2. The number of guanidine groups is 2. The number of pyridine rings is 2. The monoisotopic (exact) mass is 998 g/mol. The zero-order chi connectivity index (χ0) is 49.5. The van der Waals surface area contributed by atoms with E-state index in [-0.39, 0.29) is 34.7 Å². The van der Waals surface area contributed by atoms with Crippen LogP contribution in [0.25, 0.3) is 51.9 Å². The maximum atomic E-state index is 15.7. The number of carboxylic acids is 1. The summed E-state index contributed by atoms with van der Waals surface area (Å²) in [5, 5.41) is 27.6. The van der Waals surface area contributed by atoms with Crippen LogP contribution in [0.1, 0.15) is 55.3 Å². The van der Waals surface area contributed by atoms with E-state index in [0.29, 0.717) is 109 Å². The first kappa shape index (κ1) is 47.2. The zero-order valence-corrected chi connectivity index (χ0v) is 40.4. The fourth-order valence-electron chi connectivity index (χ4n) is 9.88. The number of piperazine rings is 2. The predicted octanol–water partition coefficient (Wildman–Crippen LogP) is 7.93. The summed E-state index contributed by atoms with van der Waals surface area (Å²) in [5.41, 5.74) is 15.2. The van der Waals surface area contributed by atoms with Crippen molar-refractivity contribution < 1.29 is 18.7 Å². The van der Waals surface area contributed by atoms with Gasteiger partial charge in [0.2, 0.25) is 11.4 Å². The van der Waals surface area contributed by atoms with Crippen molar-refractivity contribution in [2.24, 2.45) is 21.5 Å². The highest BCUT2D eigenvalue weighted by atomic mass is 32.1. The summed E-state index contributed by atoms with van der Waals surface area (Å²) in [7, 11) is 0. The van der Waals surface area contributed by atoms with Crippen LogP contribution in [0.3, 0.4) is 0 Å². The van der Waals surface area contributed by atoms with Crippen LogP contribution in [-0.4, -0.2) is 112 Å². The number of thiazole rings is 2. The van der Waals surface area contributed by atoms with Gasteiger partial charge in [-0.25, -0.2) is 13.6 Å². The lowest BCUT2D eigenvalue weighted by molar-refractivity contribution is 0.0697. The van der Waals surface area contributed by atoms with Crippen LogP contribution in [0.15, 0.2) is 98.4 Å². The number of unbranched alkanes of at least 4 members (excludes halogenated alkanes) is 4. The Hall–Kier alpha value is -7.45. The molecule has 7 N–H and O–H groups in total. The van der Waals surface area contributed by atoms with Gasteiger partial charge in [-0.1, -0.05) is 43.5 Å². The van der Waals surface area contributed by atoms with Gasteiger partial charge in [0.15, 0.2) is 11.4 Å². The molecule has 6 heterocycles. The Kier molecular flexibility index (Phi) is 13.1. The average Bonchev–Trinajstić information content (AvgIpc) is 3.93. The molecule has 10 rings (SSSR count). The minimum atomic E-state index is -1.36. The van der Waals surface area contributed by atoms with E-state index >= 15 is 8.78 Å². The van der Waals surface area contributed by atoms with Gasteiger partial charge in [-0.15, -0.1) is 22.7 Å². The van der Waals surface area contributed by atoms with Crippen LogP contribution in [0.2, 0.25) is 0 Å². The number of hydrogen-bond acceptors (Lipinski definition) is 10. The molecule has 0 amide bonds. The summed E-state index contributed by atoms with van der Waals surface area (Å²) in [6.07, 6.45) is 5.42. The number of anilines is 2. The third kappa shape index (κ3) is 9.24. The van der Waals surface area contributed by atoms with Gasteiger partial charge < -0.3 is 41.6 Å². The molecule has 4 aromatic carbocycles. The Morgan fingerprint density at radius 1 is 0.676 bits per heavy atom. The maximum absolute atomic E-state index is 15.7. The molecule has 2 aliphatic rings. The van der Waals surface area contributed by atoms with E-state index < -0.39 is 23.0 Å². The Morgan fingerprint density at radius 3 is 1.90 bits per heavy atom. The van der Waals surface area contributed by atoms with Crippen molar-refractivity contribution in [3.63, 3.8) is 0 Å². The molecule has 0 aliphatic carbocycles. The van der Waals surface area contributed by atoms with Gasteiger partial charge in [-0.05, 0) is 67.8 Å². The van der Waals surface area contributed by atoms with E-state index in [1.807, 2.05) is 72.5 Å². The van der Waals surface area contributed by atoms with Gasteiger partial charge in [-0.2, -0.15) is 4.99 Å². The molecule has 0 spiro atoms. The van der Waals surface area contributed by atoms with Crippen molar-refractivity contribution in [1.82, 2.24) is 18.6 Å². The smallest absolute Gasteiger partial charge is 0.342 e. The van der Waals surface area contributed by atoms with E-state index in [2.05, 4.69) is 9.98 Å². The van der Waals surface area contributed by atoms with E-state index in [1.165, 1.54) is 28.7 Å². The number of hydrogen-bond donors (Lipinski definition) is 5. The van der Waals surface area contributed by atoms with Crippen LogP contribution in [-0.2, 0) is 0 Å². The molecule has 0 radical (unpaired) electrons. The molecule has 0 bridgehead atoms. The SMILES string of the molecule is N=C(CCCCCCCN=C(N)N=C(N)N1CCN(c2cc3c(cc2F)c(=O)c(C(=O)O)c2sc4ccccc4n23)CC1)CC(=N)N1CCN(c2cc3c(cc2F)c(=O)cc2sc4ccccc4n23)CC1. The lowest BCUT2D eigenvalue weighted by Gasteiger charge is -2.37. The number of nitrogens with two attached hydrogens (primary N) is 2. The van der Waals surface area contributed by atoms with E-state index in [4.69, 9.17) is 22.3 Å². The second-order valence-electron chi connectivity index (χ2n) is 18.0. The second-order valence-corrected chi connectivity index (χ2v) is 20.1. The molecule has 2 aliphatic heterocycles.